The van der Waals surface area contributed by atoms with Gasteiger partial charge in [-0.05, 0) is 25.1 Å². The van der Waals surface area contributed by atoms with Gasteiger partial charge in [0.2, 0.25) is 0 Å². The standard InChI is InChI=1S/C19H19N3O4S/c1-12-14-11-15(16(23)21-9-7-19(26,8-10-21)18(24)25)27-17(14)22(20-12)13-5-3-2-4-6-13/h2-6,11,26H,7-10H2,1H3,(H,24,25). The number of benzene rings is 1. The molecular weight excluding hydrogens is 366 g/mol. The molecule has 2 N–H and O–H groups in total. The van der Waals surface area contributed by atoms with Gasteiger partial charge in [-0.1, -0.05) is 18.2 Å². The van der Waals surface area contributed by atoms with E-state index in [9.17, 15) is 14.7 Å². The molecule has 7 nitrogen and oxygen atoms in total. The van der Waals surface area contributed by atoms with Crippen LogP contribution in [0.15, 0.2) is 36.4 Å². The minimum Gasteiger partial charge on any atom is -0.479 e. The topological polar surface area (TPSA) is 95.7 Å². The van der Waals surface area contributed by atoms with Crippen LogP contribution in [0.5, 0.6) is 0 Å². The first kappa shape index (κ1) is 17.7. The first-order valence-electron chi connectivity index (χ1n) is 8.69. The lowest BCUT2D eigenvalue weighted by atomic mass is 9.91. The molecule has 1 fully saturated rings. The number of hydrogen-bond acceptors (Lipinski definition) is 5. The lowest BCUT2D eigenvalue weighted by Crippen LogP contribution is -2.50. The van der Waals surface area contributed by atoms with Crippen molar-refractivity contribution in [2.75, 3.05) is 13.1 Å². The number of aliphatic hydroxyl groups is 1. The summed E-state index contributed by atoms with van der Waals surface area (Å²) in [7, 11) is 0. The minimum atomic E-state index is -1.73. The van der Waals surface area contributed by atoms with Crippen LogP contribution in [0.25, 0.3) is 15.9 Å². The highest BCUT2D eigenvalue weighted by Gasteiger charge is 2.40. The molecule has 1 amide bonds. The summed E-state index contributed by atoms with van der Waals surface area (Å²) in [6.45, 7) is 2.36. The molecule has 1 aliphatic heterocycles. The van der Waals surface area contributed by atoms with Crippen LogP contribution in [0.4, 0.5) is 0 Å². The molecule has 1 aliphatic rings. The van der Waals surface area contributed by atoms with Gasteiger partial charge in [-0.3, -0.25) is 4.79 Å². The van der Waals surface area contributed by atoms with Crippen LogP contribution in [-0.2, 0) is 4.79 Å². The van der Waals surface area contributed by atoms with Crippen molar-refractivity contribution in [3.63, 3.8) is 0 Å². The number of rotatable bonds is 3. The van der Waals surface area contributed by atoms with Crippen LogP contribution < -0.4 is 0 Å². The van der Waals surface area contributed by atoms with Crippen LogP contribution in [0, 0.1) is 6.92 Å². The SMILES string of the molecule is Cc1nn(-c2ccccc2)c2sc(C(=O)N3CCC(O)(C(=O)O)CC3)cc12. The van der Waals surface area contributed by atoms with E-state index < -0.39 is 11.6 Å². The van der Waals surface area contributed by atoms with Crippen LogP contribution in [0.1, 0.15) is 28.2 Å². The number of likely N-dealkylation sites (tertiary alicyclic amines) is 1. The molecule has 0 aliphatic carbocycles. The van der Waals surface area contributed by atoms with E-state index in [0.29, 0.717) is 4.88 Å². The Hall–Kier alpha value is -2.71. The van der Waals surface area contributed by atoms with Gasteiger partial charge < -0.3 is 15.1 Å². The molecule has 3 aromatic rings. The number of fused-ring (bicyclic) bond motifs is 1. The zero-order valence-corrected chi connectivity index (χ0v) is 15.6. The zero-order chi connectivity index (χ0) is 19.2. The molecule has 0 saturated carbocycles. The van der Waals surface area contributed by atoms with Crippen molar-refractivity contribution in [2.45, 2.75) is 25.4 Å². The molecule has 1 saturated heterocycles. The van der Waals surface area contributed by atoms with Gasteiger partial charge in [0.05, 0.1) is 16.3 Å². The third kappa shape index (κ3) is 3.00. The highest BCUT2D eigenvalue weighted by Crippen LogP contribution is 2.32. The Bertz CT molecular complexity index is 1020. The quantitative estimate of drug-likeness (QED) is 0.722. The van der Waals surface area contributed by atoms with Crippen molar-refractivity contribution in [2.24, 2.45) is 0 Å². The Labute approximate surface area is 159 Å². The second-order valence-corrected chi connectivity index (χ2v) is 7.82. The first-order chi connectivity index (χ1) is 12.9. The smallest absolute Gasteiger partial charge is 0.335 e. The molecule has 0 atom stereocenters. The predicted molar refractivity (Wildman–Crippen MR) is 101 cm³/mol. The van der Waals surface area contributed by atoms with Crippen LogP contribution in [0.3, 0.4) is 0 Å². The maximum atomic E-state index is 12.9. The number of para-hydroxylation sites is 1. The molecule has 0 bridgehead atoms. The van der Waals surface area contributed by atoms with Gasteiger partial charge >= 0.3 is 5.97 Å². The predicted octanol–water partition coefficient (Wildman–Crippen LogP) is 2.45. The van der Waals surface area contributed by atoms with Gasteiger partial charge in [-0.2, -0.15) is 5.10 Å². The Morgan fingerprint density at radius 1 is 1.19 bits per heavy atom. The number of piperidine rings is 1. The highest BCUT2D eigenvalue weighted by molar-refractivity contribution is 7.20. The van der Waals surface area contributed by atoms with Crippen molar-refractivity contribution >= 4 is 33.4 Å². The summed E-state index contributed by atoms with van der Waals surface area (Å²) >= 11 is 1.38. The molecule has 3 heterocycles. The van der Waals surface area contributed by atoms with Crippen molar-refractivity contribution in [1.29, 1.82) is 0 Å². The maximum Gasteiger partial charge on any atom is 0.335 e. The lowest BCUT2D eigenvalue weighted by molar-refractivity contribution is -0.162. The van der Waals surface area contributed by atoms with Crippen molar-refractivity contribution in [3.8, 4) is 5.69 Å². The molecule has 2 aromatic heterocycles. The molecule has 1 aromatic carbocycles. The number of aryl methyl sites for hydroxylation is 1. The van der Waals surface area contributed by atoms with Gasteiger partial charge in [0.25, 0.3) is 5.91 Å². The van der Waals surface area contributed by atoms with Crippen molar-refractivity contribution < 1.29 is 19.8 Å². The normalized spacial score (nSPS) is 16.6. The Morgan fingerprint density at radius 2 is 1.85 bits per heavy atom. The summed E-state index contributed by atoms with van der Waals surface area (Å²) in [5, 5.41) is 24.7. The van der Waals surface area contributed by atoms with Gasteiger partial charge in [0, 0.05) is 31.3 Å². The van der Waals surface area contributed by atoms with Crippen molar-refractivity contribution in [3.05, 3.63) is 47.0 Å². The number of amides is 1. The molecule has 0 spiro atoms. The Morgan fingerprint density at radius 3 is 2.48 bits per heavy atom. The van der Waals surface area contributed by atoms with Gasteiger partial charge in [0.1, 0.15) is 4.83 Å². The Balaban J connectivity index is 1.62. The maximum absolute atomic E-state index is 12.9. The third-order valence-corrected chi connectivity index (χ3v) is 6.13. The minimum absolute atomic E-state index is 0.0375. The van der Waals surface area contributed by atoms with E-state index in [2.05, 4.69) is 5.10 Å². The summed E-state index contributed by atoms with van der Waals surface area (Å²) in [5.74, 6) is -1.36. The zero-order valence-electron chi connectivity index (χ0n) is 14.8. The number of carboxylic acids is 1. The number of aromatic nitrogens is 2. The number of carbonyl (C=O) groups excluding carboxylic acids is 1. The number of carboxylic acid groups (broad SMARTS) is 1. The average molecular weight is 385 g/mol. The summed E-state index contributed by atoms with van der Waals surface area (Å²) in [4.78, 5) is 27.1. The fourth-order valence-corrected chi connectivity index (χ4v) is 4.50. The second kappa shape index (κ2) is 6.47. The van der Waals surface area contributed by atoms with Crippen molar-refractivity contribution in [1.82, 2.24) is 14.7 Å². The lowest BCUT2D eigenvalue weighted by Gasteiger charge is -2.35. The number of thiophene rings is 1. The monoisotopic (exact) mass is 385 g/mol. The van der Waals surface area contributed by atoms with Crippen LogP contribution in [-0.4, -0.2) is 55.5 Å². The number of carbonyl (C=O) groups is 2. The number of hydrogen-bond donors (Lipinski definition) is 2. The molecule has 4 rings (SSSR count). The van der Waals surface area contributed by atoms with Crippen LogP contribution >= 0.6 is 11.3 Å². The van der Waals surface area contributed by atoms with E-state index >= 15 is 0 Å². The molecule has 140 valence electrons. The fraction of sp³-hybridized carbons (Fsp3) is 0.316. The molecule has 0 unspecified atom stereocenters. The fourth-order valence-electron chi connectivity index (χ4n) is 3.35. The molecular formula is C19H19N3O4S. The number of nitrogens with zero attached hydrogens (tertiary/aromatic N) is 3. The largest absolute Gasteiger partial charge is 0.479 e. The molecule has 0 radical (unpaired) electrons. The van der Waals surface area contributed by atoms with E-state index in [1.807, 2.05) is 48.0 Å². The van der Waals surface area contributed by atoms with Gasteiger partial charge in [0.15, 0.2) is 5.60 Å². The number of aliphatic carboxylic acids is 1. The van der Waals surface area contributed by atoms with Gasteiger partial charge in [-0.25, -0.2) is 9.48 Å². The van der Waals surface area contributed by atoms with E-state index in [4.69, 9.17) is 5.11 Å². The molecule has 8 heteroatoms. The van der Waals surface area contributed by atoms with Gasteiger partial charge in [-0.15, -0.1) is 11.3 Å². The van der Waals surface area contributed by atoms with Crippen LogP contribution in [0.2, 0.25) is 0 Å². The third-order valence-electron chi connectivity index (χ3n) is 5.03. The van der Waals surface area contributed by atoms with E-state index in [-0.39, 0.29) is 31.8 Å². The van der Waals surface area contributed by atoms with E-state index in [1.165, 1.54) is 11.3 Å². The molecule has 27 heavy (non-hydrogen) atoms. The second-order valence-electron chi connectivity index (χ2n) is 6.79. The average Bonchev–Trinajstić information content (AvgIpc) is 3.23. The first-order valence-corrected chi connectivity index (χ1v) is 9.50. The summed E-state index contributed by atoms with van der Waals surface area (Å²) in [6, 6.07) is 11.6. The van der Waals surface area contributed by atoms with E-state index in [0.717, 1.165) is 21.6 Å². The van der Waals surface area contributed by atoms with E-state index in [1.54, 1.807) is 4.90 Å². The summed E-state index contributed by atoms with van der Waals surface area (Å²) in [6.07, 6.45) is 0.0750. The summed E-state index contributed by atoms with van der Waals surface area (Å²) in [5.41, 5.74) is 0.0467. The highest BCUT2D eigenvalue weighted by atomic mass is 32.1. The summed E-state index contributed by atoms with van der Waals surface area (Å²) < 4.78 is 1.84. The Kier molecular flexibility index (Phi) is 4.24.